The van der Waals surface area contributed by atoms with Crippen molar-refractivity contribution in [3.05, 3.63) is 0 Å². The Balaban J connectivity index is 0. The van der Waals surface area contributed by atoms with E-state index in [-0.39, 0.29) is 4.70 Å². The fourth-order valence-electron chi connectivity index (χ4n) is 1.08. The molecule has 0 rings (SSSR count). The van der Waals surface area contributed by atoms with Gasteiger partial charge in [-0.1, -0.05) is 6.92 Å². The Morgan fingerprint density at radius 3 is 1.50 bits per heavy atom. The highest BCUT2D eigenvalue weighted by molar-refractivity contribution is 7.75. The summed E-state index contributed by atoms with van der Waals surface area (Å²) in [7, 11) is -0.431. The molecule has 0 saturated carbocycles. The Hall–Kier alpha value is 0.360. The fraction of sp³-hybridized carbons (Fsp3) is 1.00. The molecule has 0 atom stereocenters. The van der Waals surface area contributed by atoms with Gasteiger partial charge in [0.15, 0.2) is 0 Å². The van der Waals surface area contributed by atoms with E-state index in [9.17, 15) is 0 Å². The van der Waals surface area contributed by atoms with E-state index in [2.05, 4.69) is 27.4 Å². The zero-order chi connectivity index (χ0) is 7.33. The molecule has 0 bridgehead atoms. The van der Waals surface area contributed by atoms with Crippen LogP contribution in [0.15, 0.2) is 0 Å². The Morgan fingerprint density at radius 2 is 1.40 bits per heavy atom. The SMILES string of the molecule is CCC[P+](C)(CC)CC.[F-]. The van der Waals surface area contributed by atoms with Gasteiger partial charge in [-0.2, -0.15) is 0 Å². The van der Waals surface area contributed by atoms with Crippen LogP contribution in [0, 0.1) is 0 Å². The fourth-order valence-corrected chi connectivity index (χ4v) is 3.24. The second kappa shape index (κ2) is 6.09. The van der Waals surface area contributed by atoms with Gasteiger partial charge in [-0.15, -0.1) is 0 Å². The lowest BCUT2D eigenvalue weighted by Crippen LogP contribution is -3.00. The maximum Gasteiger partial charge on any atom is 0.0588 e. The van der Waals surface area contributed by atoms with Crippen molar-refractivity contribution < 1.29 is 4.70 Å². The van der Waals surface area contributed by atoms with Gasteiger partial charge in [-0.05, 0) is 20.3 Å². The van der Waals surface area contributed by atoms with Crippen molar-refractivity contribution >= 4 is 7.26 Å². The molecule has 0 nitrogen and oxygen atoms in total. The Morgan fingerprint density at radius 1 is 1.00 bits per heavy atom. The van der Waals surface area contributed by atoms with Crippen LogP contribution in [0.5, 0.6) is 0 Å². The summed E-state index contributed by atoms with van der Waals surface area (Å²) in [5.41, 5.74) is 0. The van der Waals surface area contributed by atoms with Gasteiger partial charge >= 0.3 is 0 Å². The van der Waals surface area contributed by atoms with E-state index in [1.807, 2.05) is 0 Å². The molecule has 2 heteroatoms. The van der Waals surface area contributed by atoms with Crippen molar-refractivity contribution in [2.24, 2.45) is 0 Å². The molecule has 0 radical (unpaired) electrons. The highest BCUT2D eigenvalue weighted by Gasteiger charge is 2.24. The first kappa shape index (κ1) is 13.0. The third kappa shape index (κ3) is 4.22. The average molecular weight is 166 g/mol. The van der Waals surface area contributed by atoms with E-state index in [1.54, 1.807) is 0 Å². The van der Waals surface area contributed by atoms with Crippen LogP contribution in [-0.2, 0) is 0 Å². The Kier molecular flexibility index (Phi) is 7.92. The summed E-state index contributed by atoms with van der Waals surface area (Å²) in [4.78, 5) is 0. The molecule has 0 aliphatic carbocycles. The molecule has 0 aliphatic rings. The van der Waals surface area contributed by atoms with Gasteiger partial charge in [0.1, 0.15) is 0 Å². The molecule has 0 heterocycles. The minimum Gasteiger partial charge on any atom is -1.00 e. The van der Waals surface area contributed by atoms with Crippen LogP contribution in [0.25, 0.3) is 0 Å². The maximum absolute atomic E-state index is 2.50. The van der Waals surface area contributed by atoms with Crippen LogP contribution < -0.4 is 4.70 Å². The largest absolute Gasteiger partial charge is 1.00 e. The lowest BCUT2D eigenvalue weighted by atomic mass is 10.6. The smallest absolute Gasteiger partial charge is 0.0588 e. The molecule has 0 spiro atoms. The normalized spacial score (nSPS) is 10.8. The van der Waals surface area contributed by atoms with Crippen molar-refractivity contribution in [3.63, 3.8) is 0 Å². The first-order chi connectivity index (χ1) is 4.18. The van der Waals surface area contributed by atoms with Crippen molar-refractivity contribution in [3.8, 4) is 0 Å². The molecule has 0 aromatic rings. The van der Waals surface area contributed by atoms with Gasteiger partial charge in [0.2, 0.25) is 0 Å². The number of rotatable bonds is 4. The van der Waals surface area contributed by atoms with E-state index in [1.165, 1.54) is 24.9 Å². The predicted molar refractivity (Wildman–Crippen MR) is 49.1 cm³/mol. The molecule has 0 aromatic carbocycles. The first-order valence-corrected chi connectivity index (χ1v) is 6.81. The van der Waals surface area contributed by atoms with Gasteiger partial charge in [0.05, 0.1) is 18.5 Å². The summed E-state index contributed by atoms with van der Waals surface area (Å²) >= 11 is 0. The quantitative estimate of drug-likeness (QED) is 0.519. The van der Waals surface area contributed by atoms with Crippen molar-refractivity contribution in [2.45, 2.75) is 27.2 Å². The number of hydrogen-bond acceptors (Lipinski definition) is 0. The highest BCUT2D eigenvalue weighted by atomic mass is 31.2. The zero-order valence-corrected chi connectivity index (χ0v) is 8.55. The van der Waals surface area contributed by atoms with Crippen molar-refractivity contribution in [2.75, 3.05) is 25.2 Å². The van der Waals surface area contributed by atoms with Gasteiger partial charge < -0.3 is 4.70 Å². The molecule has 0 fully saturated rings. The number of hydrogen-bond donors (Lipinski definition) is 0. The van der Waals surface area contributed by atoms with E-state index in [0.717, 1.165) is 0 Å². The molecule has 0 N–H and O–H groups in total. The molecule has 0 aliphatic heterocycles. The third-order valence-corrected chi connectivity index (χ3v) is 6.87. The predicted octanol–water partition coefficient (Wildman–Crippen LogP) is 0.0876. The van der Waals surface area contributed by atoms with Crippen LogP contribution in [0.2, 0.25) is 0 Å². The van der Waals surface area contributed by atoms with Crippen LogP contribution in [0.3, 0.4) is 0 Å². The van der Waals surface area contributed by atoms with Gasteiger partial charge in [-0.3, -0.25) is 0 Å². The second-order valence-corrected chi connectivity index (χ2v) is 7.93. The van der Waals surface area contributed by atoms with Crippen LogP contribution in [-0.4, -0.2) is 25.2 Å². The molecule has 0 saturated heterocycles. The standard InChI is InChI=1S/C8H20P.FH/c1-5-8-9(4,6-2)7-3;/h5-8H2,1-4H3;1H/q+1;/p-1. The van der Waals surface area contributed by atoms with E-state index >= 15 is 0 Å². The molecule has 64 valence electrons. The van der Waals surface area contributed by atoms with Gasteiger partial charge in [0, 0.05) is 13.9 Å². The number of halogens is 1. The van der Waals surface area contributed by atoms with E-state index in [4.69, 9.17) is 0 Å². The minimum atomic E-state index is -0.431. The average Bonchev–Trinajstić information content (AvgIpc) is 1.89. The van der Waals surface area contributed by atoms with Crippen molar-refractivity contribution in [1.29, 1.82) is 0 Å². The van der Waals surface area contributed by atoms with Crippen LogP contribution >= 0.6 is 7.26 Å². The lowest BCUT2D eigenvalue weighted by molar-refractivity contribution is -0.00000227. The zero-order valence-electron chi connectivity index (χ0n) is 7.65. The molecule has 10 heavy (non-hydrogen) atoms. The highest BCUT2D eigenvalue weighted by Crippen LogP contribution is 2.54. The molecular formula is C8H20FP. The summed E-state index contributed by atoms with van der Waals surface area (Å²) in [6.45, 7) is 9.47. The molecule has 0 unspecified atom stereocenters. The van der Waals surface area contributed by atoms with Crippen LogP contribution in [0.4, 0.5) is 0 Å². The second-order valence-electron chi connectivity index (χ2n) is 2.98. The summed E-state index contributed by atoms with van der Waals surface area (Å²) in [5, 5.41) is 0. The summed E-state index contributed by atoms with van der Waals surface area (Å²) in [5.74, 6) is 0. The lowest BCUT2D eigenvalue weighted by Gasteiger charge is -2.18. The topological polar surface area (TPSA) is 0 Å². The van der Waals surface area contributed by atoms with E-state index < -0.39 is 7.26 Å². The third-order valence-electron chi connectivity index (χ3n) is 2.29. The minimum absolute atomic E-state index is 0. The Labute approximate surface area is 65.1 Å². The first-order valence-electron chi connectivity index (χ1n) is 4.02. The molecule has 0 aromatic heterocycles. The monoisotopic (exact) mass is 166 g/mol. The Bertz CT molecular complexity index is 69.7. The van der Waals surface area contributed by atoms with E-state index in [0.29, 0.717) is 0 Å². The summed E-state index contributed by atoms with van der Waals surface area (Å²) in [6.07, 6.45) is 5.76. The van der Waals surface area contributed by atoms with Gasteiger partial charge in [-0.25, -0.2) is 0 Å². The summed E-state index contributed by atoms with van der Waals surface area (Å²) in [6, 6.07) is 0. The molecule has 0 amide bonds. The maximum atomic E-state index is 2.50. The summed E-state index contributed by atoms with van der Waals surface area (Å²) < 4.78 is 0. The van der Waals surface area contributed by atoms with Crippen molar-refractivity contribution in [1.82, 2.24) is 0 Å². The van der Waals surface area contributed by atoms with Crippen LogP contribution in [0.1, 0.15) is 27.2 Å². The molecular weight excluding hydrogens is 146 g/mol. The van der Waals surface area contributed by atoms with Gasteiger partial charge in [0.25, 0.3) is 0 Å².